The van der Waals surface area contributed by atoms with E-state index in [2.05, 4.69) is 23.1 Å². The van der Waals surface area contributed by atoms with Crippen molar-refractivity contribution in [2.45, 2.75) is 29.6 Å². The van der Waals surface area contributed by atoms with Crippen LogP contribution >= 0.6 is 23.5 Å². The van der Waals surface area contributed by atoms with Gasteiger partial charge in [0.2, 0.25) is 5.60 Å². The third-order valence-corrected chi connectivity index (χ3v) is 8.77. The number of rotatable bonds is 7. The van der Waals surface area contributed by atoms with Crippen molar-refractivity contribution >= 4 is 40.3 Å². The van der Waals surface area contributed by atoms with E-state index in [0.717, 1.165) is 6.33 Å². The number of nitrogens with zero attached hydrogens (tertiary/aromatic N) is 3. The van der Waals surface area contributed by atoms with Crippen molar-refractivity contribution in [3.8, 4) is 12.3 Å². The van der Waals surface area contributed by atoms with Crippen LogP contribution in [0.4, 0.5) is 5.82 Å². The molecule has 1 aliphatic carbocycles. The van der Waals surface area contributed by atoms with Crippen molar-refractivity contribution in [1.82, 2.24) is 14.5 Å². The Kier molecular flexibility index (Phi) is 5.46. The molecule has 0 amide bonds. The average Bonchev–Trinajstić information content (AvgIpc) is 2.96. The summed E-state index contributed by atoms with van der Waals surface area (Å²) in [5.41, 5.74) is 0.843. The monoisotopic (exact) mass is 528 g/mol. The highest BCUT2D eigenvalue weighted by Gasteiger charge is 2.85. The molecule has 4 rings (SSSR count). The predicted molar refractivity (Wildman–Crippen MR) is 103 cm³/mol. The van der Waals surface area contributed by atoms with Crippen molar-refractivity contribution in [3.63, 3.8) is 0 Å². The first-order chi connectivity index (χ1) is 15.0. The van der Waals surface area contributed by atoms with E-state index in [9.17, 15) is 33.7 Å². The Labute approximate surface area is 183 Å². The molecule has 3 unspecified atom stereocenters. The summed E-state index contributed by atoms with van der Waals surface area (Å²) in [6.07, 6.45) is 3.05. The van der Waals surface area contributed by atoms with Gasteiger partial charge in [-0.15, -0.1) is 6.42 Å². The Hall–Kier alpha value is -1.73. The molecule has 3 heterocycles. The quantitative estimate of drug-likeness (QED) is 0.163. The van der Waals surface area contributed by atoms with Crippen LogP contribution in [0.1, 0.15) is 6.23 Å². The van der Waals surface area contributed by atoms with Gasteiger partial charge in [-0.2, -0.15) is 8.62 Å². The molecular weight excluding hydrogens is 513 g/mol. The second-order valence-corrected chi connectivity index (χ2v) is 11.4. The van der Waals surface area contributed by atoms with E-state index >= 15 is 0 Å². The molecule has 17 nitrogen and oxygen atoms in total. The fraction of sp³-hybridized carbons (Fsp3) is 0.385. The van der Waals surface area contributed by atoms with Crippen LogP contribution in [0.2, 0.25) is 0 Å². The van der Waals surface area contributed by atoms with Crippen LogP contribution in [0.25, 0.3) is 11.0 Å². The summed E-state index contributed by atoms with van der Waals surface area (Å²) in [6.45, 7) is 0. The largest absolute Gasteiger partial charge is 0.490 e. The molecule has 1 saturated heterocycles. The van der Waals surface area contributed by atoms with Gasteiger partial charge < -0.3 is 44.8 Å². The van der Waals surface area contributed by atoms with Gasteiger partial charge in [-0.1, -0.05) is 5.92 Å². The minimum absolute atomic E-state index is 0.107. The molecule has 33 heavy (non-hydrogen) atoms. The minimum Gasteiger partial charge on any atom is -0.383 e. The molecule has 2 fully saturated rings. The van der Waals surface area contributed by atoms with Gasteiger partial charge in [0.1, 0.15) is 30.0 Å². The normalized spacial score (nSPS) is 34.9. The molecule has 180 valence electrons. The van der Waals surface area contributed by atoms with Gasteiger partial charge in [-0.05, 0) is 6.07 Å². The van der Waals surface area contributed by atoms with Gasteiger partial charge in [-0.25, -0.2) is 23.7 Å². The van der Waals surface area contributed by atoms with Crippen molar-refractivity contribution in [2.24, 2.45) is 0 Å². The van der Waals surface area contributed by atoms with E-state index in [1.807, 2.05) is 5.92 Å². The molecule has 20 heteroatoms. The number of phosphoric acid groups is 3. The Balaban J connectivity index is 1.58. The number of aliphatic hydroxyl groups is 2. The highest BCUT2D eigenvalue weighted by Crippen LogP contribution is 2.70. The maximum Gasteiger partial charge on any atom is 0.490 e. The van der Waals surface area contributed by atoms with E-state index in [-0.39, 0.29) is 11.5 Å². The standard InChI is InChI=1S/C13H15N4O13P3/c1-2-12(18)11(17-4-3-6-9(14)15-5-16-10(6)17)27-7-8(13(7,12)19)28-32(23,24)30-33(25,26)29-31(20,21)22/h1,3-5,7-8,11,18-19H,(H,23,24)(H,25,26)(H2,14,15,16)(H2,20,21,22)/t7-,8?,11-,12+,13+/m1/s1. The topological polar surface area (TPSA) is 266 Å². The molecule has 0 aromatic carbocycles. The summed E-state index contributed by atoms with van der Waals surface area (Å²) in [6, 6.07) is 1.49. The lowest BCUT2D eigenvalue weighted by Crippen LogP contribution is -2.50. The Morgan fingerprint density at radius 2 is 1.82 bits per heavy atom. The van der Waals surface area contributed by atoms with Crippen molar-refractivity contribution in [3.05, 3.63) is 18.6 Å². The summed E-state index contributed by atoms with van der Waals surface area (Å²) in [5.74, 6) is 2.05. The molecular formula is C13H15N4O13P3. The van der Waals surface area contributed by atoms with Crippen LogP contribution in [0.3, 0.4) is 0 Å². The lowest BCUT2D eigenvalue weighted by molar-refractivity contribution is -0.132. The fourth-order valence-electron chi connectivity index (χ4n) is 3.57. The van der Waals surface area contributed by atoms with Crippen LogP contribution in [0, 0.1) is 12.3 Å². The summed E-state index contributed by atoms with van der Waals surface area (Å²) in [4.78, 5) is 43.9. The maximum atomic E-state index is 12.1. The third-order valence-electron chi connectivity index (χ3n) is 4.95. The number of terminal acetylenes is 1. The number of phosphoric ester groups is 1. The van der Waals surface area contributed by atoms with E-state index in [0.29, 0.717) is 5.39 Å². The second-order valence-electron chi connectivity index (χ2n) is 6.98. The minimum atomic E-state index is -5.80. The first-order valence-corrected chi connectivity index (χ1v) is 13.0. The van der Waals surface area contributed by atoms with E-state index in [1.54, 1.807) is 0 Å². The molecule has 1 saturated carbocycles. The van der Waals surface area contributed by atoms with E-state index in [4.69, 9.17) is 26.7 Å². The molecule has 2 aromatic rings. The zero-order chi connectivity index (χ0) is 24.6. The number of nitrogens with two attached hydrogens (primary N) is 1. The molecule has 0 bridgehead atoms. The SMILES string of the molecule is C#C[C@]1(O)[C@H](n2ccc3c(N)ncnc32)O[C@@H]2C(OP(=O)(O)OP(=O)(O)OP(=O)(O)O)[C@@]21O. The molecule has 8 N–H and O–H groups in total. The Bertz CT molecular complexity index is 1320. The van der Waals surface area contributed by atoms with Crippen molar-refractivity contribution in [1.29, 1.82) is 0 Å². The summed E-state index contributed by atoms with van der Waals surface area (Å²) in [7, 11) is -17.0. The molecule has 0 radical (unpaired) electrons. The lowest BCUT2D eigenvalue weighted by Gasteiger charge is -2.32. The van der Waals surface area contributed by atoms with Gasteiger partial charge in [0.05, 0.1) is 5.39 Å². The summed E-state index contributed by atoms with van der Waals surface area (Å²) in [5, 5.41) is 22.3. The smallest absolute Gasteiger partial charge is 0.383 e. The predicted octanol–water partition coefficient (Wildman–Crippen LogP) is -1.27. The highest BCUT2D eigenvalue weighted by molar-refractivity contribution is 7.66. The van der Waals surface area contributed by atoms with Gasteiger partial charge in [0.25, 0.3) is 0 Å². The zero-order valence-corrected chi connectivity index (χ0v) is 18.5. The van der Waals surface area contributed by atoms with Gasteiger partial charge in [0.15, 0.2) is 11.8 Å². The number of nitrogen functional groups attached to an aromatic ring is 1. The number of ether oxygens (including phenoxy) is 1. The molecule has 2 aliphatic rings. The first kappa shape index (κ1) is 24.4. The van der Waals surface area contributed by atoms with Crippen molar-refractivity contribution < 1.29 is 61.4 Å². The molecule has 1 aliphatic heterocycles. The molecule has 2 aromatic heterocycles. The average molecular weight is 528 g/mol. The number of aromatic nitrogens is 3. The Morgan fingerprint density at radius 1 is 1.15 bits per heavy atom. The Morgan fingerprint density at radius 3 is 2.42 bits per heavy atom. The zero-order valence-electron chi connectivity index (χ0n) is 15.8. The van der Waals surface area contributed by atoms with Crippen LogP contribution in [0.5, 0.6) is 0 Å². The number of hydrogen-bond donors (Lipinski definition) is 7. The van der Waals surface area contributed by atoms with Crippen LogP contribution in [0.15, 0.2) is 18.6 Å². The van der Waals surface area contributed by atoms with Gasteiger partial charge in [-0.3, -0.25) is 4.52 Å². The highest BCUT2D eigenvalue weighted by atomic mass is 31.3. The van der Waals surface area contributed by atoms with E-state index < -0.39 is 53.1 Å². The molecule has 0 spiro atoms. The van der Waals surface area contributed by atoms with Gasteiger partial charge >= 0.3 is 23.5 Å². The van der Waals surface area contributed by atoms with Gasteiger partial charge in [0, 0.05) is 6.20 Å². The summed E-state index contributed by atoms with van der Waals surface area (Å²) >= 11 is 0. The lowest BCUT2D eigenvalue weighted by atomic mass is 9.94. The fourth-order valence-corrected chi connectivity index (χ4v) is 6.79. The van der Waals surface area contributed by atoms with Crippen LogP contribution in [-0.4, -0.2) is 67.7 Å². The number of hydrogen-bond acceptors (Lipinski definition) is 12. The van der Waals surface area contributed by atoms with Crippen LogP contribution in [-0.2, 0) is 31.6 Å². The first-order valence-electron chi connectivity index (χ1n) is 8.52. The number of anilines is 1. The second kappa shape index (κ2) is 7.38. The maximum absolute atomic E-state index is 12.1. The summed E-state index contributed by atoms with van der Waals surface area (Å²) < 4.78 is 52.8. The number of fused-ring (bicyclic) bond motifs is 2. The third kappa shape index (κ3) is 3.95. The van der Waals surface area contributed by atoms with Crippen LogP contribution < -0.4 is 5.73 Å². The van der Waals surface area contributed by atoms with Crippen molar-refractivity contribution in [2.75, 3.05) is 5.73 Å². The molecule has 7 atom stereocenters. The van der Waals surface area contributed by atoms with E-state index in [1.165, 1.54) is 16.8 Å².